The number of nitrogens with zero attached hydrogens (tertiary/aromatic N) is 7. The molecule has 5 aromatic rings. The maximum atomic E-state index is 14.0. The lowest BCUT2D eigenvalue weighted by Gasteiger charge is -2.27. The summed E-state index contributed by atoms with van der Waals surface area (Å²) in [6.45, 7) is 7.21. The summed E-state index contributed by atoms with van der Waals surface area (Å²) in [5, 5.41) is 45.0. The van der Waals surface area contributed by atoms with Crippen LogP contribution < -0.4 is 5.82 Å². The van der Waals surface area contributed by atoms with Crippen molar-refractivity contribution in [2.24, 2.45) is 5.41 Å². The van der Waals surface area contributed by atoms with Gasteiger partial charge in [-0.05, 0) is 54.0 Å². The molecule has 0 unspecified atom stereocenters. The van der Waals surface area contributed by atoms with Gasteiger partial charge in [-0.15, -0.1) is 30.4 Å². The van der Waals surface area contributed by atoms with Gasteiger partial charge in [0.05, 0.1) is 0 Å². The standard InChI is InChI=1S/C35H40N8O12/c1-6-9-28-36-30(35(4,5)46)29(41(28)18-21-12-14-22(15-13-21)24-10-7-8-11-25(24)31-37-39-40-38-31)32(44)51-20-27-26(53-33(45)54-27)17-34(2,3)16-23(55-43(49)50)19-52-42(47)48/h7-8,10-15,23,46H,6,9,16-20H2,1-5H3,(H,37,38,39,40)/t23-/m0/s1. The topological polar surface area (TPSA) is 267 Å². The fourth-order valence-electron chi connectivity index (χ4n) is 6.19. The maximum Gasteiger partial charge on any atom is 0.519 e. The number of aryl methyl sites for hydroxylation is 1. The molecule has 0 radical (unpaired) electrons. The van der Waals surface area contributed by atoms with Gasteiger partial charge in [-0.25, -0.2) is 14.6 Å². The molecule has 5 rings (SSSR count). The quantitative estimate of drug-likeness (QED) is 0.0660. The summed E-state index contributed by atoms with van der Waals surface area (Å²) in [5.41, 5.74) is 1.01. The molecule has 0 aliphatic heterocycles. The van der Waals surface area contributed by atoms with Crippen LogP contribution in [0.5, 0.6) is 0 Å². The Bertz CT molecular complexity index is 2170. The van der Waals surface area contributed by atoms with Gasteiger partial charge in [0, 0.05) is 24.9 Å². The molecule has 1 atom stereocenters. The van der Waals surface area contributed by atoms with E-state index >= 15 is 0 Å². The minimum Gasteiger partial charge on any atom is -0.453 e. The van der Waals surface area contributed by atoms with E-state index in [-0.39, 0.29) is 42.3 Å². The van der Waals surface area contributed by atoms with Crippen molar-refractivity contribution in [3.8, 4) is 22.5 Å². The van der Waals surface area contributed by atoms with Gasteiger partial charge in [-0.2, -0.15) is 5.21 Å². The molecular formula is C35H40N8O12. The van der Waals surface area contributed by atoms with Crippen molar-refractivity contribution in [2.75, 3.05) is 6.61 Å². The van der Waals surface area contributed by atoms with Crippen LogP contribution in [0.2, 0.25) is 0 Å². The largest absolute Gasteiger partial charge is 0.519 e. The zero-order valence-corrected chi connectivity index (χ0v) is 30.7. The fourth-order valence-corrected chi connectivity index (χ4v) is 6.19. The van der Waals surface area contributed by atoms with E-state index < -0.39 is 52.3 Å². The Labute approximate surface area is 312 Å². The first kappa shape index (κ1) is 39.8. The Morgan fingerprint density at radius 2 is 1.71 bits per heavy atom. The molecule has 2 aromatic carbocycles. The molecule has 0 aliphatic rings. The second-order valence-corrected chi connectivity index (χ2v) is 14.0. The predicted octanol–water partition coefficient (Wildman–Crippen LogP) is 4.61. The van der Waals surface area contributed by atoms with E-state index in [4.69, 9.17) is 13.6 Å². The van der Waals surface area contributed by atoms with Crippen molar-refractivity contribution >= 4 is 5.97 Å². The number of carbonyl (C=O) groups is 1. The summed E-state index contributed by atoms with van der Waals surface area (Å²) in [5.74, 6) is -1.08. The highest BCUT2D eigenvalue weighted by Gasteiger charge is 2.34. The van der Waals surface area contributed by atoms with E-state index in [1.165, 1.54) is 13.8 Å². The molecule has 3 heterocycles. The van der Waals surface area contributed by atoms with Gasteiger partial charge in [0.2, 0.25) is 5.82 Å². The molecule has 292 valence electrons. The van der Waals surface area contributed by atoms with Crippen LogP contribution in [0.3, 0.4) is 0 Å². The van der Waals surface area contributed by atoms with E-state index in [2.05, 4.69) is 35.3 Å². The molecule has 2 N–H and O–H groups in total. The minimum absolute atomic E-state index is 0.000705. The van der Waals surface area contributed by atoms with E-state index in [1.54, 1.807) is 18.4 Å². The number of aliphatic hydroxyl groups is 1. The number of rotatable bonds is 19. The van der Waals surface area contributed by atoms with E-state index in [0.29, 0.717) is 24.5 Å². The number of aromatic amines is 1. The average molecular weight is 765 g/mol. The van der Waals surface area contributed by atoms with Crippen molar-refractivity contribution in [3.63, 3.8) is 0 Å². The van der Waals surface area contributed by atoms with Crippen LogP contribution in [0.25, 0.3) is 22.5 Å². The molecular weight excluding hydrogens is 724 g/mol. The van der Waals surface area contributed by atoms with Crippen LogP contribution >= 0.6 is 0 Å². The van der Waals surface area contributed by atoms with Gasteiger partial charge < -0.3 is 32.9 Å². The van der Waals surface area contributed by atoms with Crippen molar-refractivity contribution in [2.45, 2.75) is 85.2 Å². The van der Waals surface area contributed by atoms with Crippen LogP contribution in [0, 0.1) is 25.6 Å². The number of tetrazole rings is 1. The van der Waals surface area contributed by atoms with Crippen molar-refractivity contribution in [1.82, 2.24) is 30.2 Å². The predicted molar refractivity (Wildman–Crippen MR) is 189 cm³/mol. The van der Waals surface area contributed by atoms with E-state index in [0.717, 1.165) is 22.3 Å². The Morgan fingerprint density at radius 3 is 2.33 bits per heavy atom. The minimum atomic E-state index is -1.55. The summed E-state index contributed by atoms with van der Waals surface area (Å²) in [6.07, 6.45) is -0.345. The van der Waals surface area contributed by atoms with Crippen LogP contribution in [0.4, 0.5) is 0 Å². The summed E-state index contributed by atoms with van der Waals surface area (Å²) >= 11 is 0. The lowest BCUT2D eigenvalue weighted by atomic mass is 9.82. The van der Waals surface area contributed by atoms with Crippen LogP contribution in [-0.2, 0) is 46.0 Å². The van der Waals surface area contributed by atoms with Crippen molar-refractivity contribution < 1.29 is 43.3 Å². The zero-order valence-electron chi connectivity index (χ0n) is 30.7. The van der Waals surface area contributed by atoms with Gasteiger partial charge in [0.1, 0.15) is 29.8 Å². The average Bonchev–Trinajstić information content (AvgIpc) is 3.86. The van der Waals surface area contributed by atoms with Gasteiger partial charge in [0.25, 0.3) is 10.2 Å². The highest BCUT2D eigenvalue weighted by molar-refractivity contribution is 5.89. The first-order chi connectivity index (χ1) is 26.0. The Hall–Kier alpha value is -6.44. The summed E-state index contributed by atoms with van der Waals surface area (Å²) in [6, 6.07) is 15.3. The van der Waals surface area contributed by atoms with Crippen LogP contribution in [0.15, 0.2) is 62.2 Å². The lowest BCUT2D eigenvalue weighted by molar-refractivity contribution is -0.790. The molecule has 0 fully saturated rings. The SMILES string of the molecule is CCCc1nc(C(C)(C)O)c(C(=O)OCc2oc(=O)oc2CC(C)(C)C[C@@H](CO[N+](=O)[O-])O[N+](=O)[O-])n1Cc1ccc(-c2ccccc2-c2nn[nH]n2)cc1. The first-order valence-corrected chi connectivity index (χ1v) is 17.2. The van der Waals surface area contributed by atoms with Gasteiger partial charge in [-0.3, -0.25) is 0 Å². The number of ether oxygens (including phenoxy) is 1. The molecule has 0 amide bonds. The normalized spacial score (nSPS) is 12.3. The highest BCUT2D eigenvalue weighted by atomic mass is 17.0. The number of hydrogen-bond donors (Lipinski definition) is 2. The third-order valence-electron chi connectivity index (χ3n) is 8.49. The molecule has 20 heteroatoms. The Balaban J connectivity index is 1.39. The number of benzene rings is 2. The Kier molecular flexibility index (Phi) is 12.1. The zero-order chi connectivity index (χ0) is 39.9. The smallest absolute Gasteiger partial charge is 0.453 e. The molecule has 0 aliphatic carbocycles. The first-order valence-electron chi connectivity index (χ1n) is 17.2. The number of esters is 1. The molecule has 20 nitrogen and oxygen atoms in total. The van der Waals surface area contributed by atoms with E-state index in [1.807, 2.05) is 55.5 Å². The third-order valence-corrected chi connectivity index (χ3v) is 8.49. The fraction of sp³-hybridized carbons (Fsp3) is 0.429. The Morgan fingerprint density at radius 1 is 1.02 bits per heavy atom. The van der Waals surface area contributed by atoms with Gasteiger partial charge in [0.15, 0.2) is 23.8 Å². The van der Waals surface area contributed by atoms with Crippen molar-refractivity contribution in [1.29, 1.82) is 0 Å². The number of hydrogen-bond acceptors (Lipinski definition) is 16. The maximum absolute atomic E-state index is 14.0. The van der Waals surface area contributed by atoms with Crippen LogP contribution in [0.1, 0.15) is 86.6 Å². The molecule has 3 aromatic heterocycles. The van der Waals surface area contributed by atoms with E-state index in [9.17, 15) is 34.9 Å². The number of H-pyrrole nitrogens is 1. The number of aromatic nitrogens is 6. The molecule has 0 saturated carbocycles. The highest BCUT2D eigenvalue weighted by Crippen LogP contribution is 2.33. The summed E-state index contributed by atoms with van der Waals surface area (Å²) < 4.78 is 17.8. The van der Waals surface area contributed by atoms with Crippen LogP contribution in [-0.4, -0.2) is 64.1 Å². The second-order valence-electron chi connectivity index (χ2n) is 14.0. The van der Waals surface area contributed by atoms with Gasteiger partial charge in [-0.1, -0.05) is 69.3 Å². The molecule has 0 bridgehead atoms. The molecule has 55 heavy (non-hydrogen) atoms. The summed E-state index contributed by atoms with van der Waals surface area (Å²) in [4.78, 5) is 61.4. The summed E-state index contributed by atoms with van der Waals surface area (Å²) in [7, 11) is 0. The molecule has 0 spiro atoms. The van der Waals surface area contributed by atoms with Gasteiger partial charge >= 0.3 is 11.8 Å². The molecule has 0 saturated heterocycles. The van der Waals surface area contributed by atoms with Crippen molar-refractivity contribution in [3.05, 3.63) is 114 Å². The number of nitrogens with one attached hydrogen (secondary N) is 1. The number of carbonyl (C=O) groups excluding carboxylic acids is 1. The third kappa shape index (κ3) is 10.2. The second kappa shape index (κ2) is 16.7. The monoisotopic (exact) mass is 764 g/mol. The number of imidazole rings is 1. The lowest BCUT2D eigenvalue weighted by Crippen LogP contribution is -2.31.